The summed E-state index contributed by atoms with van der Waals surface area (Å²) in [5, 5.41) is 32.2. The summed E-state index contributed by atoms with van der Waals surface area (Å²) in [4.78, 5) is 24.1. The van der Waals surface area contributed by atoms with Crippen molar-refractivity contribution in [2.75, 3.05) is 0 Å². The molecule has 4 rings (SSSR count). The summed E-state index contributed by atoms with van der Waals surface area (Å²) < 4.78 is 1.84. The van der Waals surface area contributed by atoms with Crippen molar-refractivity contribution in [1.82, 2.24) is 4.57 Å². The molecular weight excluding hydrogens is 426 g/mol. The number of nitro groups is 2. The Kier molecular flexibility index (Phi) is 5.21. The van der Waals surface area contributed by atoms with Crippen molar-refractivity contribution in [2.24, 2.45) is 17.3 Å². The summed E-state index contributed by atoms with van der Waals surface area (Å²) in [7, 11) is 1.83. The van der Waals surface area contributed by atoms with E-state index in [0.717, 1.165) is 22.7 Å². The van der Waals surface area contributed by atoms with Crippen molar-refractivity contribution in [2.45, 2.75) is 0 Å². The second-order valence-electron chi connectivity index (χ2n) is 6.16. The lowest BCUT2D eigenvalue weighted by atomic mass is 10.2. The predicted molar refractivity (Wildman–Crippen MR) is 116 cm³/mol. The number of azo groups is 1. The zero-order valence-corrected chi connectivity index (χ0v) is 17.1. The van der Waals surface area contributed by atoms with E-state index in [0.29, 0.717) is 5.82 Å². The second-order valence-corrected chi connectivity index (χ2v) is 8.20. The molecule has 9 nitrogen and oxygen atoms in total. The minimum absolute atomic E-state index is 0.0514. The van der Waals surface area contributed by atoms with E-state index in [1.165, 1.54) is 15.8 Å². The first kappa shape index (κ1) is 19.6. The van der Waals surface area contributed by atoms with Crippen LogP contribution in [0.25, 0.3) is 20.3 Å². The highest BCUT2D eigenvalue weighted by atomic mass is 32.1. The Morgan fingerprint density at radius 2 is 1.70 bits per heavy atom. The van der Waals surface area contributed by atoms with E-state index in [4.69, 9.17) is 0 Å². The van der Waals surface area contributed by atoms with E-state index in [1.54, 1.807) is 28.7 Å². The summed E-state index contributed by atoms with van der Waals surface area (Å²) in [6.45, 7) is 0. The molecule has 30 heavy (non-hydrogen) atoms. The first-order valence-corrected chi connectivity index (χ1v) is 10.3. The minimum Gasteiger partial charge on any atom is -0.327 e. The third kappa shape index (κ3) is 3.75. The van der Waals surface area contributed by atoms with Gasteiger partial charge in [0.1, 0.15) is 0 Å². The molecule has 0 spiro atoms. The van der Waals surface area contributed by atoms with Crippen LogP contribution in [-0.2, 0) is 7.05 Å². The number of hydrogen-bond acceptors (Lipinski definition) is 8. The van der Waals surface area contributed by atoms with Crippen LogP contribution in [0.4, 0.5) is 22.9 Å². The van der Waals surface area contributed by atoms with Gasteiger partial charge in [-0.15, -0.1) is 32.9 Å². The molecule has 0 aliphatic carbocycles. The van der Waals surface area contributed by atoms with Gasteiger partial charge < -0.3 is 4.57 Å². The number of benzene rings is 1. The average Bonchev–Trinajstić information content (AvgIpc) is 3.47. The third-order valence-corrected chi connectivity index (χ3v) is 6.52. The molecule has 0 saturated heterocycles. The molecule has 0 saturated carbocycles. The lowest BCUT2D eigenvalue weighted by molar-refractivity contribution is -0.393. The fourth-order valence-corrected chi connectivity index (χ4v) is 4.74. The van der Waals surface area contributed by atoms with Gasteiger partial charge in [-0.3, -0.25) is 20.2 Å². The standard InChI is InChI=1S/C19H13N5O4S2/c1-22-14(16-7-8-18(30-16)17-3-2-10-29-17)6-9-19(22)21-20-13-5-4-12(23(25)26)11-15(13)24(27)28/h2-11H,1H3. The van der Waals surface area contributed by atoms with Crippen molar-refractivity contribution in [3.8, 4) is 20.3 Å². The Hall–Kier alpha value is -3.70. The van der Waals surface area contributed by atoms with Crippen molar-refractivity contribution in [1.29, 1.82) is 0 Å². The van der Waals surface area contributed by atoms with Crippen LogP contribution in [0, 0.1) is 20.2 Å². The van der Waals surface area contributed by atoms with Gasteiger partial charge in [0.05, 0.1) is 26.5 Å². The average molecular weight is 439 g/mol. The molecule has 3 aromatic heterocycles. The topological polar surface area (TPSA) is 116 Å². The van der Waals surface area contributed by atoms with Gasteiger partial charge in [0.25, 0.3) is 5.69 Å². The summed E-state index contributed by atoms with van der Waals surface area (Å²) in [6, 6.07) is 15.1. The molecule has 0 amide bonds. The van der Waals surface area contributed by atoms with Crippen molar-refractivity contribution in [3.05, 3.63) is 80.2 Å². The normalized spacial score (nSPS) is 11.2. The van der Waals surface area contributed by atoms with Gasteiger partial charge >= 0.3 is 5.69 Å². The number of non-ortho nitro benzene ring substituents is 1. The highest BCUT2D eigenvalue weighted by Gasteiger charge is 2.19. The van der Waals surface area contributed by atoms with Crippen LogP contribution in [0.1, 0.15) is 0 Å². The summed E-state index contributed by atoms with van der Waals surface area (Å²) >= 11 is 3.34. The smallest absolute Gasteiger partial charge is 0.303 e. The molecule has 0 aliphatic rings. The number of aromatic nitrogens is 1. The maximum Gasteiger partial charge on any atom is 0.303 e. The summed E-state index contributed by atoms with van der Waals surface area (Å²) in [5.74, 6) is 0.503. The number of rotatable bonds is 6. The monoisotopic (exact) mass is 439 g/mol. The van der Waals surface area contributed by atoms with Crippen molar-refractivity contribution < 1.29 is 9.85 Å². The Morgan fingerprint density at radius 1 is 0.900 bits per heavy atom. The molecule has 0 radical (unpaired) electrons. The van der Waals surface area contributed by atoms with Gasteiger partial charge in [0.2, 0.25) is 0 Å². The van der Waals surface area contributed by atoms with Gasteiger partial charge in [-0.1, -0.05) is 6.07 Å². The quantitative estimate of drug-likeness (QED) is 0.188. The maximum atomic E-state index is 11.2. The van der Waals surface area contributed by atoms with Crippen molar-refractivity contribution >= 4 is 45.6 Å². The molecule has 150 valence electrons. The third-order valence-electron chi connectivity index (χ3n) is 4.34. The molecule has 0 aliphatic heterocycles. The van der Waals surface area contributed by atoms with E-state index in [1.807, 2.05) is 35.2 Å². The van der Waals surface area contributed by atoms with Crippen LogP contribution in [-0.4, -0.2) is 14.4 Å². The molecular formula is C19H13N5O4S2. The van der Waals surface area contributed by atoms with Gasteiger partial charge in [-0.2, -0.15) is 0 Å². The molecule has 4 aromatic rings. The highest BCUT2D eigenvalue weighted by Crippen LogP contribution is 2.38. The summed E-state index contributed by atoms with van der Waals surface area (Å²) in [5.41, 5.74) is 0.0432. The second kappa shape index (κ2) is 7.97. The molecule has 0 N–H and O–H groups in total. The van der Waals surface area contributed by atoms with Crippen LogP contribution in [0.3, 0.4) is 0 Å². The number of nitro benzene ring substituents is 2. The molecule has 0 atom stereocenters. The van der Waals surface area contributed by atoms with Gasteiger partial charge in [0, 0.05) is 22.9 Å². The lowest BCUT2D eigenvalue weighted by Crippen LogP contribution is -1.92. The van der Waals surface area contributed by atoms with Gasteiger partial charge in [-0.25, -0.2) is 0 Å². The first-order chi connectivity index (χ1) is 14.4. The maximum absolute atomic E-state index is 11.2. The molecule has 3 heterocycles. The van der Waals surface area contributed by atoms with Crippen molar-refractivity contribution in [3.63, 3.8) is 0 Å². The van der Waals surface area contributed by atoms with E-state index in [9.17, 15) is 20.2 Å². The lowest BCUT2D eigenvalue weighted by Gasteiger charge is -2.02. The number of hydrogen-bond donors (Lipinski definition) is 0. The first-order valence-electron chi connectivity index (χ1n) is 8.58. The van der Waals surface area contributed by atoms with Crippen LogP contribution in [0.5, 0.6) is 0 Å². The minimum atomic E-state index is -0.713. The van der Waals surface area contributed by atoms with Gasteiger partial charge in [0.15, 0.2) is 11.5 Å². The molecule has 1 aromatic carbocycles. The molecule has 0 bridgehead atoms. The molecule has 0 unspecified atom stereocenters. The largest absolute Gasteiger partial charge is 0.327 e. The van der Waals surface area contributed by atoms with Crippen LogP contribution < -0.4 is 0 Å². The molecule has 0 fully saturated rings. The number of nitrogens with zero attached hydrogens (tertiary/aromatic N) is 5. The Labute approximate surface area is 177 Å². The zero-order chi connectivity index (χ0) is 21.3. The zero-order valence-electron chi connectivity index (χ0n) is 15.5. The van der Waals surface area contributed by atoms with E-state index >= 15 is 0 Å². The Bertz CT molecular complexity index is 1270. The highest BCUT2D eigenvalue weighted by molar-refractivity contribution is 7.23. The van der Waals surface area contributed by atoms with E-state index in [2.05, 4.69) is 22.4 Å². The fraction of sp³-hybridized carbons (Fsp3) is 0.0526. The fourth-order valence-electron chi connectivity index (χ4n) is 2.84. The van der Waals surface area contributed by atoms with E-state index < -0.39 is 15.5 Å². The Morgan fingerprint density at radius 3 is 2.40 bits per heavy atom. The van der Waals surface area contributed by atoms with Gasteiger partial charge in [-0.05, 0) is 41.8 Å². The summed E-state index contributed by atoms with van der Waals surface area (Å²) in [6.07, 6.45) is 0. The number of thiophene rings is 2. The van der Waals surface area contributed by atoms with Crippen LogP contribution >= 0.6 is 22.7 Å². The Balaban J connectivity index is 1.63. The van der Waals surface area contributed by atoms with E-state index in [-0.39, 0.29) is 11.4 Å². The van der Waals surface area contributed by atoms with Crippen LogP contribution in [0.15, 0.2) is 70.2 Å². The van der Waals surface area contributed by atoms with Crippen LogP contribution in [0.2, 0.25) is 0 Å². The predicted octanol–water partition coefficient (Wildman–Crippen LogP) is 6.71. The molecule has 11 heteroatoms. The SMILES string of the molecule is Cn1c(N=Nc2ccc([N+](=O)[O-])cc2[N+](=O)[O-])ccc1-c1ccc(-c2cccs2)s1.